The van der Waals surface area contributed by atoms with Crippen LogP contribution in [0.5, 0.6) is 0 Å². The van der Waals surface area contributed by atoms with Crippen LogP contribution in [0.1, 0.15) is 209 Å². The zero-order chi connectivity index (χ0) is 97.0. The number of nitrogens with zero attached hydrogens (tertiary/aromatic N) is 12. The fourth-order valence-electron chi connectivity index (χ4n) is 24.3. The number of imidazole rings is 4. The van der Waals surface area contributed by atoms with Crippen LogP contribution in [0.15, 0.2) is 285 Å². The third kappa shape index (κ3) is 14.4. The molecule has 1 aliphatic carbocycles. The molecule has 1 aliphatic rings. The summed E-state index contributed by atoms with van der Waals surface area (Å²) in [4.78, 5) is 21.6. The second-order valence-electron chi connectivity index (χ2n) is 41.3. The molecule has 12 aromatic heterocycles. The number of aromatic nitrogens is 12. The summed E-state index contributed by atoms with van der Waals surface area (Å²) in [7, 11) is 8.72. The fourth-order valence-corrected chi connectivity index (χ4v) is 24.3. The molecule has 0 radical (unpaired) electrons. The molecule has 694 valence electrons. The first-order valence-electron chi connectivity index (χ1n) is 50.7. The molecule has 0 saturated heterocycles. The molecular weight excluding hydrogens is 1710 g/mol. The molecule has 0 bridgehead atoms. The van der Waals surface area contributed by atoms with E-state index >= 15 is 0 Å². The van der Waals surface area contributed by atoms with Gasteiger partial charge in [0.1, 0.15) is 22.1 Å². The van der Waals surface area contributed by atoms with Gasteiger partial charge in [-0.2, -0.15) is 17.6 Å². The number of hydrogen-bond acceptors (Lipinski definition) is 4. The zero-order valence-electron chi connectivity index (χ0n) is 85.0. The van der Waals surface area contributed by atoms with Gasteiger partial charge in [0.05, 0.1) is 110 Å². The third-order valence-corrected chi connectivity index (χ3v) is 30.9. The molecule has 25 rings (SSSR count). The molecule has 0 aliphatic heterocycles. The quantitative estimate of drug-likeness (QED) is 0.101. The molecule has 1 saturated carbocycles. The Morgan fingerprint density at radius 3 is 0.957 bits per heavy atom. The lowest BCUT2D eigenvalue weighted by Crippen LogP contribution is -2.27. The van der Waals surface area contributed by atoms with E-state index in [-0.39, 0.29) is 0 Å². The Kier molecular flexibility index (Phi) is 22.9. The molecule has 0 atom stereocenters. The van der Waals surface area contributed by atoms with Crippen molar-refractivity contribution in [3.8, 4) is 44.9 Å². The zero-order valence-corrected chi connectivity index (χ0v) is 85.0. The maximum absolute atomic E-state index is 5.60. The van der Waals surface area contributed by atoms with Gasteiger partial charge < -0.3 is 0 Å². The van der Waals surface area contributed by atoms with E-state index in [0.29, 0.717) is 35.5 Å². The minimum atomic E-state index is 0.369. The smallest absolute Gasteiger partial charge is 0.255 e. The van der Waals surface area contributed by atoms with Crippen molar-refractivity contribution in [1.82, 2.24) is 37.5 Å². The van der Waals surface area contributed by atoms with Crippen molar-refractivity contribution in [1.29, 1.82) is 0 Å². The maximum Gasteiger partial charge on any atom is 0.297 e. The third-order valence-electron chi connectivity index (χ3n) is 30.9. The van der Waals surface area contributed by atoms with Crippen molar-refractivity contribution in [3.05, 3.63) is 358 Å². The molecule has 12 heteroatoms. The van der Waals surface area contributed by atoms with Gasteiger partial charge in [-0.1, -0.05) is 270 Å². The van der Waals surface area contributed by atoms with Crippen LogP contribution in [0.3, 0.4) is 0 Å². The van der Waals surface area contributed by atoms with E-state index in [2.05, 4.69) is 461 Å². The number of aryl methyl sites for hydroxylation is 11. The van der Waals surface area contributed by atoms with Crippen LogP contribution in [-0.4, -0.2) is 37.5 Å². The van der Waals surface area contributed by atoms with Crippen molar-refractivity contribution in [3.63, 3.8) is 0 Å². The predicted molar refractivity (Wildman–Crippen MR) is 587 cm³/mol. The summed E-state index contributed by atoms with van der Waals surface area (Å²) in [6.07, 6.45) is 8.63. The highest BCUT2D eigenvalue weighted by Gasteiger charge is 2.35. The highest BCUT2D eigenvalue weighted by atomic mass is 15.1. The standard InChI is InChI=1S/C36H32N3.C35H38N3.C31H30N3.C26H26N3/c1-22(2)26-16-12-20-31-34(26)35-33(36-38(5)29-18-9-10-19-30(29)39(31)36)24(4)21-28(37-35)32-23(3)13-11-17-27(32)25-14-7-6-8-15-25;1-20(2)24-13-11-14-25(21(3)4)32(24)27-19-23(7)31-34(36-27)33-26(22(5)6)15-12-18-30(33)38-29-17-10-9-16-28(29)37(8)35(31)38;1-18(2)22-13-10-16-26-29(22)30-28(31-33(6)24-14-7-8-15-25(24)34(26)31)21(5)17-23(32-30)27-19(3)11-9-12-20(27)4;1-17-15-16-27-25-23(17)26-28(2)20-12-6-7-13-21(20)29(26)22-14-8-11-19(24(22)25)18-9-4-3-5-10-18/h6-22H,1-5H3;9-22H,1-8H3;7-18H,1-6H3;6-8,11-16,18H,3-5,9-10H2,1-2H3/q4*+1. The minimum absolute atomic E-state index is 0.369. The van der Waals surface area contributed by atoms with Gasteiger partial charge in [0.25, 0.3) is 22.6 Å². The van der Waals surface area contributed by atoms with Crippen LogP contribution in [0.25, 0.3) is 199 Å². The van der Waals surface area contributed by atoms with E-state index in [9.17, 15) is 0 Å². The molecule has 12 heterocycles. The average molecular weight is 1830 g/mol. The predicted octanol–water partition coefficient (Wildman–Crippen LogP) is 31.0. The Labute approximate surface area is 820 Å². The van der Waals surface area contributed by atoms with Crippen molar-refractivity contribution < 1.29 is 18.3 Å². The molecular formula is C128H126N12+4. The molecule has 0 amide bonds. The van der Waals surface area contributed by atoms with Gasteiger partial charge in [-0.15, -0.1) is 0 Å². The van der Waals surface area contributed by atoms with E-state index in [1.807, 2.05) is 6.20 Å². The molecule has 12 nitrogen and oxygen atoms in total. The Bertz CT molecular complexity index is 9180. The summed E-state index contributed by atoms with van der Waals surface area (Å²) in [6.45, 7) is 38.4. The lowest BCUT2D eigenvalue weighted by atomic mass is 9.82. The van der Waals surface area contributed by atoms with E-state index in [0.717, 1.165) is 39.1 Å². The Morgan fingerprint density at radius 2 is 0.564 bits per heavy atom. The lowest BCUT2D eigenvalue weighted by molar-refractivity contribution is -0.617. The number of rotatable bonds is 10. The summed E-state index contributed by atoms with van der Waals surface area (Å²) in [5, 5.41) is 10.1. The fraction of sp³-hybridized carbons (Fsp3) is 0.250. The van der Waals surface area contributed by atoms with E-state index in [1.165, 1.54) is 264 Å². The Hall–Kier alpha value is -14.9. The summed E-state index contributed by atoms with van der Waals surface area (Å²) < 4.78 is 19.1. The van der Waals surface area contributed by atoms with Crippen LogP contribution >= 0.6 is 0 Å². The highest BCUT2D eigenvalue weighted by Crippen LogP contribution is 2.48. The van der Waals surface area contributed by atoms with Gasteiger partial charge in [-0.3, -0.25) is 4.98 Å². The number of benzene rings is 12. The van der Waals surface area contributed by atoms with Gasteiger partial charge in [0, 0.05) is 22.9 Å². The first kappa shape index (κ1) is 90.3. The first-order chi connectivity index (χ1) is 67.8. The van der Waals surface area contributed by atoms with Crippen LogP contribution in [0, 0.1) is 48.5 Å². The number of para-hydroxylation sites is 8. The Balaban J connectivity index is 0.000000108. The molecule has 0 unspecified atom stereocenters. The Morgan fingerprint density at radius 1 is 0.257 bits per heavy atom. The lowest BCUT2D eigenvalue weighted by Gasteiger charge is -2.23. The van der Waals surface area contributed by atoms with Crippen molar-refractivity contribution in [2.45, 2.75) is 185 Å². The SMILES string of the molecule is Cc1cc(-c2c(C(C)C)cccc2C(C)C)nc2c3c(C(C)C)cccc3n3c4ccccc4[n+](C)c3c12.Cc1cccc(-c2ccccc2)c1-c1cc(C)c2c(n1)c1c(C(C)C)cccc1n1c3ccccc3[n+](C)c21.Cc1cccc(C)c1-c1cc(C)c2c(n1)c1c(C(C)C)cccc1n1c3ccccc3[n+](C)c21.Cc1ccnc2c3c(C4CCCCC4)cccc3n3c4ccccc4[n+](C)c3c12. The maximum atomic E-state index is 5.60. The van der Waals surface area contributed by atoms with Crippen molar-refractivity contribution >= 4 is 154 Å². The summed E-state index contributed by atoms with van der Waals surface area (Å²) in [6, 6.07) is 102. The van der Waals surface area contributed by atoms with Crippen molar-refractivity contribution in [2.75, 3.05) is 0 Å². The molecule has 1 fully saturated rings. The second kappa shape index (κ2) is 35.5. The largest absolute Gasteiger partial charge is 0.297 e. The van der Waals surface area contributed by atoms with E-state index < -0.39 is 0 Å². The summed E-state index contributed by atoms with van der Waals surface area (Å²) in [5.41, 5.74) is 50.5. The monoisotopic (exact) mass is 1830 g/mol. The number of fused-ring (bicyclic) bond motifs is 32. The van der Waals surface area contributed by atoms with Crippen LogP contribution in [0.2, 0.25) is 0 Å². The van der Waals surface area contributed by atoms with Gasteiger partial charge in [-0.25, -0.2) is 33.2 Å². The van der Waals surface area contributed by atoms with Gasteiger partial charge in [0.2, 0.25) is 0 Å². The molecule has 140 heavy (non-hydrogen) atoms. The normalized spacial score (nSPS) is 12.9. The molecule has 12 aromatic carbocycles. The minimum Gasteiger partial charge on any atom is -0.255 e. The van der Waals surface area contributed by atoms with E-state index in [4.69, 9.17) is 19.9 Å². The summed E-state index contributed by atoms with van der Waals surface area (Å²) in [5.74, 6) is 2.63. The van der Waals surface area contributed by atoms with Crippen LogP contribution in [0.4, 0.5) is 0 Å². The van der Waals surface area contributed by atoms with Crippen LogP contribution in [-0.2, 0) is 28.2 Å². The molecule has 0 N–H and O–H groups in total. The molecule has 24 aromatic rings. The van der Waals surface area contributed by atoms with Gasteiger partial charge >= 0.3 is 0 Å². The van der Waals surface area contributed by atoms with E-state index in [1.54, 1.807) is 0 Å². The second-order valence-corrected chi connectivity index (χ2v) is 41.3. The highest BCUT2D eigenvalue weighted by molar-refractivity contribution is 6.18. The topological polar surface area (TPSA) is 84.7 Å². The van der Waals surface area contributed by atoms with Gasteiger partial charge in [0.15, 0.2) is 44.1 Å². The number of hydrogen-bond donors (Lipinski definition) is 0. The average Bonchev–Trinajstić information content (AvgIpc) is 1.51. The van der Waals surface area contributed by atoms with Crippen molar-refractivity contribution in [2.24, 2.45) is 28.2 Å². The molecule has 0 spiro atoms. The summed E-state index contributed by atoms with van der Waals surface area (Å²) >= 11 is 0. The van der Waals surface area contributed by atoms with Gasteiger partial charge in [-0.05, 0) is 277 Å². The number of pyridine rings is 8. The first-order valence-corrected chi connectivity index (χ1v) is 50.7. The van der Waals surface area contributed by atoms with Crippen LogP contribution < -0.4 is 18.3 Å².